The number of hydrogen-bond donors (Lipinski definition) is 1. The number of anilines is 1. The molecule has 0 spiro atoms. The maximum atomic E-state index is 4.91. The molecular weight excluding hydrogens is 372 g/mol. The van der Waals surface area contributed by atoms with Gasteiger partial charge in [0.05, 0.1) is 22.2 Å². The average molecular weight is 399 g/mol. The summed E-state index contributed by atoms with van der Waals surface area (Å²) in [6, 6.07) is 15.2. The van der Waals surface area contributed by atoms with Gasteiger partial charge in [-0.1, -0.05) is 6.07 Å². The van der Waals surface area contributed by atoms with Gasteiger partial charge >= 0.3 is 0 Å². The van der Waals surface area contributed by atoms with Gasteiger partial charge in [0.2, 0.25) is 0 Å². The fourth-order valence-electron chi connectivity index (χ4n) is 4.56. The Kier molecular flexibility index (Phi) is 3.87. The molecule has 6 nitrogen and oxygen atoms in total. The molecule has 1 saturated heterocycles. The van der Waals surface area contributed by atoms with Gasteiger partial charge in [-0.05, 0) is 62.6 Å². The third kappa shape index (κ3) is 3.21. The normalized spacial score (nSPS) is 20.3. The lowest BCUT2D eigenvalue weighted by atomic mass is 10.1. The molecule has 2 fully saturated rings. The predicted octanol–water partition coefficient (Wildman–Crippen LogP) is 3.90. The van der Waals surface area contributed by atoms with Crippen molar-refractivity contribution in [2.45, 2.75) is 37.8 Å². The van der Waals surface area contributed by atoms with Gasteiger partial charge in [-0.2, -0.15) is 5.10 Å². The number of benzene rings is 1. The SMILES string of the molecule is Cn1cc2cc(-c3ccc4nc(N5CCC(NC6(C)CC6)C5)ccc4n3)ccc2n1. The van der Waals surface area contributed by atoms with E-state index in [1.165, 1.54) is 19.3 Å². The number of fused-ring (bicyclic) bond motifs is 2. The van der Waals surface area contributed by atoms with Crippen LogP contribution in [0.25, 0.3) is 33.2 Å². The monoisotopic (exact) mass is 398 g/mol. The molecule has 1 atom stereocenters. The van der Waals surface area contributed by atoms with E-state index < -0.39 is 0 Å². The van der Waals surface area contributed by atoms with Crippen molar-refractivity contribution in [3.05, 3.63) is 48.7 Å². The molecule has 152 valence electrons. The highest BCUT2D eigenvalue weighted by Crippen LogP contribution is 2.36. The van der Waals surface area contributed by atoms with Gasteiger partial charge in [-0.3, -0.25) is 4.68 Å². The molecule has 4 aromatic rings. The van der Waals surface area contributed by atoms with E-state index in [-0.39, 0.29) is 0 Å². The lowest BCUT2D eigenvalue weighted by Gasteiger charge is -2.20. The number of hydrogen-bond acceptors (Lipinski definition) is 5. The molecule has 6 rings (SSSR count). The third-order valence-corrected chi connectivity index (χ3v) is 6.51. The molecule has 1 unspecified atom stereocenters. The Morgan fingerprint density at radius 2 is 1.80 bits per heavy atom. The number of aryl methyl sites for hydroxylation is 1. The van der Waals surface area contributed by atoms with Crippen molar-refractivity contribution in [3.63, 3.8) is 0 Å². The van der Waals surface area contributed by atoms with Crippen LogP contribution in [-0.2, 0) is 7.05 Å². The zero-order valence-corrected chi connectivity index (χ0v) is 17.5. The third-order valence-electron chi connectivity index (χ3n) is 6.51. The van der Waals surface area contributed by atoms with Crippen molar-refractivity contribution in [3.8, 4) is 11.3 Å². The largest absolute Gasteiger partial charge is 0.355 e. The van der Waals surface area contributed by atoms with Gasteiger partial charge < -0.3 is 10.2 Å². The zero-order valence-electron chi connectivity index (χ0n) is 17.5. The summed E-state index contributed by atoms with van der Waals surface area (Å²) in [5.41, 5.74) is 5.33. The highest BCUT2D eigenvalue weighted by Gasteiger charge is 2.40. The van der Waals surface area contributed by atoms with E-state index in [9.17, 15) is 0 Å². The van der Waals surface area contributed by atoms with E-state index in [2.05, 4.69) is 64.7 Å². The summed E-state index contributed by atoms with van der Waals surface area (Å²) >= 11 is 0. The van der Waals surface area contributed by atoms with Crippen LogP contribution < -0.4 is 10.2 Å². The molecule has 3 aromatic heterocycles. The number of nitrogens with one attached hydrogen (secondary N) is 1. The van der Waals surface area contributed by atoms with Crippen LogP contribution >= 0.6 is 0 Å². The highest BCUT2D eigenvalue weighted by atomic mass is 15.2. The Hall–Kier alpha value is -2.99. The van der Waals surface area contributed by atoms with Crippen LogP contribution in [0.15, 0.2) is 48.7 Å². The molecule has 1 aromatic carbocycles. The van der Waals surface area contributed by atoms with Gasteiger partial charge in [0.1, 0.15) is 5.82 Å². The zero-order chi connectivity index (χ0) is 20.3. The lowest BCUT2D eigenvalue weighted by Crippen LogP contribution is -2.40. The molecule has 0 bridgehead atoms. The Balaban J connectivity index is 1.26. The summed E-state index contributed by atoms with van der Waals surface area (Å²) < 4.78 is 1.84. The van der Waals surface area contributed by atoms with E-state index in [4.69, 9.17) is 9.97 Å². The fraction of sp³-hybridized carbons (Fsp3) is 0.375. The van der Waals surface area contributed by atoms with Crippen molar-refractivity contribution in [1.29, 1.82) is 0 Å². The number of nitrogens with zero attached hydrogens (tertiary/aromatic N) is 5. The molecule has 1 N–H and O–H groups in total. The van der Waals surface area contributed by atoms with Crippen molar-refractivity contribution in [2.75, 3.05) is 18.0 Å². The van der Waals surface area contributed by atoms with E-state index in [0.717, 1.165) is 52.1 Å². The second-order valence-electron chi connectivity index (χ2n) is 9.12. The second-order valence-corrected chi connectivity index (χ2v) is 9.12. The predicted molar refractivity (Wildman–Crippen MR) is 121 cm³/mol. The second kappa shape index (κ2) is 6.51. The van der Waals surface area contributed by atoms with Gasteiger partial charge in [0.25, 0.3) is 0 Å². The quantitative estimate of drug-likeness (QED) is 0.565. The Labute approximate surface area is 175 Å². The number of aromatic nitrogens is 4. The Morgan fingerprint density at radius 3 is 2.67 bits per heavy atom. The van der Waals surface area contributed by atoms with E-state index in [1.54, 1.807) is 0 Å². The van der Waals surface area contributed by atoms with Crippen LogP contribution in [0.1, 0.15) is 26.2 Å². The minimum Gasteiger partial charge on any atom is -0.355 e. The topological polar surface area (TPSA) is 58.9 Å². The first-order chi connectivity index (χ1) is 14.5. The van der Waals surface area contributed by atoms with Crippen molar-refractivity contribution >= 4 is 27.8 Å². The van der Waals surface area contributed by atoms with E-state index in [0.29, 0.717) is 11.6 Å². The molecular formula is C24H26N6. The Bertz CT molecular complexity index is 1260. The summed E-state index contributed by atoms with van der Waals surface area (Å²) in [7, 11) is 1.95. The minimum absolute atomic E-state index is 0.386. The summed E-state index contributed by atoms with van der Waals surface area (Å²) in [6.45, 7) is 4.42. The first-order valence-corrected chi connectivity index (χ1v) is 10.8. The molecule has 1 aliphatic heterocycles. The van der Waals surface area contributed by atoms with Gasteiger partial charge in [-0.15, -0.1) is 0 Å². The van der Waals surface area contributed by atoms with Crippen LogP contribution in [0, 0.1) is 0 Å². The summed E-state index contributed by atoms with van der Waals surface area (Å²) in [4.78, 5) is 12.2. The summed E-state index contributed by atoms with van der Waals surface area (Å²) in [6.07, 6.45) is 5.83. The van der Waals surface area contributed by atoms with Crippen LogP contribution in [-0.4, -0.2) is 44.4 Å². The minimum atomic E-state index is 0.386. The van der Waals surface area contributed by atoms with E-state index >= 15 is 0 Å². The molecule has 2 aliphatic rings. The van der Waals surface area contributed by atoms with Crippen LogP contribution in [0.3, 0.4) is 0 Å². The van der Waals surface area contributed by atoms with Crippen molar-refractivity contribution in [2.24, 2.45) is 7.05 Å². The average Bonchev–Trinajstić information content (AvgIpc) is 3.12. The molecule has 1 saturated carbocycles. The molecule has 1 aliphatic carbocycles. The smallest absolute Gasteiger partial charge is 0.129 e. The molecule has 6 heteroatoms. The molecule has 0 amide bonds. The summed E-state index contributed by atoms with van der Waals surface area (Å²) in [5.74, 6) is 1.05. The molecule has 0 radical (unpaired) electrons. The van der Waals surface area contributed by atoms with Crippen LogP contribution in [0.5, 0.6) is 0 Å². The maximum absolute atomic E-state index is 4.91. The standard InChI is InChI=1S/C24H26N6/c1-24(10-11-24)27-18-9-12-30(15-18)23-8-7-21-22(26-23)6-5-19(25-21)16-3-4-20-17(13-16)14-29(2)28-20/h3-8,13-14,18,27H,9-12,15H2,1-2H3. The van der Waals surface area contributed by atoms with Gasteiger partial charge in [-0.25, -0.2) is 9.97 Å². The molecule has 30 heavy (non-hydrogen) atoms. The van der Waals surface area contributed by atoms with Gasteiger partial charge in [0.15, 0.2) is 0 Å². The molecule has 4 heterocycles. The first-order valence-electron chi connectivity index (χ1n) is 10.8. The number of pyridine rings is 2. The first kappa shape index (κ1) is 17.8. The maximum Gasteiger partial charge on any atom is 0.129 e. The Morgan fingerprint density at radius 1 is 1.00 bits per heavy atom. The fourth-order valence-corrected chi connectivity index (χ4v) is 4.56. The van der Waals surface area contributed by atoms with E-state index in [1.807, 2.05) is 17.9 Å². The highest BCUT2D eigenvalue weighted by molar-refractivity contribution is 5.85. The lowest BCUT2D eigenvalue weighted by molar-refractivity contribution is 0.455. The van der Waals surface area contributed by atoms with Gasteiger partial charge in [0, 0.05) is 48.9 Å². The number of rotatable bonds is 4. The van der Waals surface area contributed by atoms with Crippen LogP contribution in [0.4, 0.5) is 5.82 Å². The van der Waals surface area contributed by atoms with Crippen molar-refractivity contribution < 1.29 is 0 Å². The van der Waals surface area contributed by atoms with Crippen molar-refractivity contribution in [1.82, 2.24) is 25.1 Å². The van der Waals surface area contributed by atoms with Crippen LogP contribution in [0.2, 0.25) is 0 Å². The summed E-state index contributed by atoms with van der Waals surface area (Å²) in [5, 5.41) is 9.40.